The van der Waals surface area contributed by atoms with Crippen LogP contribution < -0.4 is 16.0 Å². The molecular formula is C27H43N3O7. The Morgan fingerprint density at radius 1 is 0.865 bits per heavy atom. The van der Waals surface area contributed by atoms with E-state index in [0.29, 0.717) is 0 Å². The Balaban J connectivity index is 3.07. The van der Waals surface area contributed by atoms with Crippen LogP contribution in [0.4, 0.5) is 4.79 Å². The third-order valence-electron chi connectivity index (χ3n) is 5.35. The van der Waals surface area contributed by atoms with Gasteiger partial charge in [0.15, 0.2) is 0 Å². The highest BCUT2D eigenvalue weighted by Gasteiger charge is 2.35. The molecule has 3 amide bonds. The largest absolute Gasteiger partial charge is 0.480 e. The van der Waals surface area contributed by atoms with Gasteiger partial charge in [-0.25, -0.2) is 9.59 Å². The van der Waals surface area contributed by atoms with Crippen molar-refractivity contribution >= 4 is 23.9 Å². The van der Waals surface area contributed by atoms with Crippen molar-refractivity contribution in [1.82, 2.24) is 16.0 Å². The van der Waals surface area contributed by atoms with Crippen LogP contribution in [0.1, 0.15) is 67.4 Å². The number of carbonyl (C=O) groups is 4. The molecule has 10 heteroatoms. The monoisotopic (exact) mass is 521 g/mol. The molecule has 0 aliphatic heterocycles. The van der Waals surface area contributed by atoms with Crippen LogP contribution in [0, 0.1) is 11.8 Å². The SMILES string of the molecule is CC(C)CC(NC(=O)C(NC(=O)C(NC(=O)OC(C)(C)C)C(C)OCc1ccccc1)C(C)C)C(=O)O. The van der Waals surface area contributed by atoms with Gasteiger partial charge in [0, 0.05) is 0 Å². The molecule has 0 aliphatic rings. The summed E-state index contributed by atoms with van der Waals surface area (Å²) in [5, 5.41) is 17.2. The van der Waals surface area contributed by atoms with Crippen LogP contribution in [-0.4, -0.2) is 58.8 Å². The second-order valence-corrected chi connectivity index (χ2v) is 10.9. The zero-order valence-electron chi connectivity index (χ0n) is 23.2. The van der Waals surface area contributed by atoms with E-state index in [2.05, 4.69) is 16.0 Å². The summed E-state index contributed by atoms with van der Waals surface area (Å²) in [5.74, 6) is -2.75. The minimum Gasteiger partial charge on any atom is -0.480 e. The van der Waals surface area contributed by atoms with Gasteiger partial charge in [-0.05, 0) is 51.5 Å². The minimum absolute atomic E-state index is 0.0403. The van der Waals surface area contributed by atoms with Crippen LogP contribution in [0.3, 0.4) is 0 Å². The molecule has 0 aliphatic carbocycles. The number of carboxylic acids is 1. The summed E-state index contributed by atoms with van der Waals surface area (Å²) in [6.45, 7) is 14.1. The van der Waals surface area contributed by atoms with Gasteiger partial charge in [-0.15, -0.1) is 0 Å². The van der Waals surface area contributed by atoms with Crippen LogP contribution in [0.15, 0.2) is 30.3 Å². The van der Waals surface area contributed by atoms with E-state index in [1.165, 1.54) is 0 Å². The molecule has 4 atom stereocenters. The van der Waals surface area contributed by atoms with Crippen molar-refractivity contribution in [3.8, 4) is 0 Å². The molecule has 208 valence electrons. The molecule has 1 aromatic carbocycles. The number of ether oxygens (including phenoxy) is 2. The predicted molar refractivity (Wildman–Crippen MR) is 140 cm³/mol. The summed E-state index contributed by atoms with van der Waals surface area (Å²) in [4.78, 5) is 50.5. The number of hydrogen-bond donors (Lipinski definition) is 4. The van der Waals surface area contributed by atoms with Gasteiger partial charge < -0.3 is 30.5 Å². The zero-order chi connectivity index (χ0) is 28.3. The van der Waals surface area contributed by atoms with Gasteiger partial charge in [-0.3, -0.25) is 9.59 Å². The Labute approximate surface area is 219 Å². The number of nitrogens with one attached hydrogen (secondary N) is 3. The number of hydrogen-bond acceptors (Lipinski definition) is 6. The van der Waals surface area contributed by atoms with Gasteiger partial charge in [-0.2, -0.15) is 0 Å². The third kappa shape index (κ3) is 12.1. The molecule has 1 aromatic rings. The first kappa shape index (κ1) is 31.9. The van der Waals surface area contributed by atoms with Gasteiger partial charge in [0.1, 0.15) is 23.7 Å². The lowest BCUT2D eigenvalue weighted by atomic mass is 9.99. The van der Waals surface area contributed by atoms with E-state index in [9.17, 15) is 24.3 Å². The number of carboxylic acid groups (broad SMARTS) is 1. The van der Waals surface area contributed by atoms with E-state index in [1.807, 2.05) is 44.2 Å². The summed E-state index contributed by atoms with van der Waals surface area (Å²) >= 11 is 0. The molecule has 0 saturated heterocycles. The van der Waals surface area contributed by atoms with Crippen LogP contribution in [-0.2, 0) is 30.5 Å². The molecular weight excluding hydrogens is 478 g/mol. The molecule has 0 spiro atoms. The number of benzene rings is 1. The minimum atomic E-state index is -1.18. The van der Waals surface area contributed by atoms with E-state index in [4.69, 9.17) is 9.47 Å². The maximum atomic E-state index is 13.4. The maximum absolute atomic E-state index is 13.4. The third-order valence-corrected chi connectivity index (χ3v) is 5.35. The smallest absolute Gasteiger partial charge is 0.408 e. The van der Waals surface area contributed by atoms with Gasteiger partial charge in [0.25, 0.3) is 0 Å². The lowest BCUT2D eigenvalue weighted by molar-refractivity contribution is -0.143. The van der Waals surface area contributed by atoms with Gasteiger partial charge >= 0.3 is 12.1 Å². The van der Waals surface area contributed by atoms with Crippen LogP contribution in [0.5, 0.6) is 0 Å². The second kappa shape index (κ2) is 14.6. The molecule has 1 rings (SSSR count). The number of amides is 3. The van der Waals surface area contributed by atoms with E-state index < -0.39 is 53.7 Å². The quantitative estimate of drug-likeness (QED) is 0.312. The molecule has 10 nitrogen and oxygen atoms in total. The number of alkyl carbamates (subject to hydrolysis) is 1. The summed E-state index contributed by atoms with van der Waals surface area (Å²) in [7, 11) is 0. The van der Waals surface area contributed by atoms with Crippen molar-refractivity contribution < 1.29 is 33.8 Å². The topological polar surface area (TPSA) is 143 Å². The molecule has 0 radical (unpaired) electrons. The molecule has 0 saturated carbocycles. The van der Waals surface area contributed by atoms with E-state index in [-0.39, 0.29) is 24.9 Å². The van der Waals surface area contributed by atoms with Gasteiger partial charge in [0.05, 0.1) is 12.7 Å². The zero-order valence-corrected chi connectivity index (χ0v) is 23.2. The number of carbonyl (C=O) groups excluding carboxylic acids is 3. The fraction of sp³-hybridized carbons (Fsp3) is 0.630. The van der Waals surface area contributed by atoms with Crippen molar-refractivity contribution in [1.29, 1.82) is 0 Å². The maximum Gasteiger partial charge on any atom is 0.408 e. The van der Waals surface area contributed by atoms with Gasteiger partial charge in [-0.1, -0.05) is 58.0 Å². The van der Waals surface area contributed by atoms with Crippen molar-refractivity contribution in [3.63, 3.8) is 0 Å². The Morgan fingerprint density at radius 3 is 1.92 bits per heavy atom. The first-order valence-electron chi connectivity index (χ1n) is 12.6. The molecule has 37 heavy (non-hydrogen) atoms. The highest BCUT2D eigenvalue weighted by atomic mass is 16.6. The predicted octanol–water partition coefficient (Wildman–Crippen LogP) is 3.24. The summed E-state index contributed by atoms with van der Waals surface area (Å²) in [5.41, 5.74) is 0.0945. The van der Waals surface area contributed by atoms with Crippen molar-refractivity contribution in [2.24, 2.45) is 11.8 Å². The molecule has 0 bridgehead atoms. The van der Waals surface area contributed by atoms with E-state index in [0.717, 1.165) is 5.56 Å². The summed E-state index contributed by atoms with van der Waals surface area (Å²) in [6.07, 6.45) is -1.35. The molecule has 0 aromatic heterocycles. The fourth-order valence-electron chi connectivity index (χ4n) is 3.46. The summed E-state index contributed by atoms with van der Waals surface area (Å²) in [6, 6.07) is 6.04. The van der Waals surface area contributed by atoms with E-state index in [1.54, 1.807) is 41.5 Å². The van der Waals surface area contributed by atoms with Crippen LogP contribution in [0.25, 0.3) is 0 Å². The van der Waals surface area contributed by atoms with E-state index >= 15 is 0 Å². The number of rotatable bonds is 13. The van der Waals surface area contributed by atoms with Crippen LogP contribution >= 0.6 is 0 Å². The average Bonchev–Trinajstić information content (AvgIpc) is 2.77. The summed E-state index contributed by atoms with van der Waals surface area (Å²) < 4.78 is 11.2. The standard InChI is InChI=1S/C27H43N3O7/c1-16(2)14-20(25(33)34)28-23(31)21(17(3)4)29-24(32)22(30-26(35)37-27(6,7)8)18(5)36-15-19-12-10-9-11-13-19/h9-13,16-18,20-22H,14-15H2,1-8H3,(H,28,31)(H,29,32)(H,30,35)(H,33,34). The lowest BCUT2D eigenvalue weighted by Gasteiger charge is -2.30. The Morgan fingerprint density at radius 2 is 1.43 bits per heavy atom. The highest BCUT2D eigenvalue weighted by Crippen LogP contribution is 2.12. The van der Waals surface area contributed by atoms with Crippen LogP contribution in [0.2, 0.25) is 0 Å². The van der Waals surface area contributed by atoms with Gasteiger partial charge in [0.2, 0.25) is 11.8 Å². The number of aliphatic carboxylic acids is 1. The lowest BCUT2D eigenvalue weighted by Crippen LogP contribution is -2.60. The second-order valence-electron chi connectivity index (χ2n) is 10.9. The molecule has 4 unspecified atom stereocenters. The first-order valence-corrected chi connectivity index (χ1v) is 12.6. The fourth-order valence-corrected chi connectivity index (χ4v) is 3.46. The highest BCUT2D eigenvalue weighted by molar-refractivity contribution is 5.93. The molecule has 0 heterocycles. The normalized spacial score (nSPS) is 14.9. The van der Waals surface area contributed by atoms with Crippen molar-refractivity contribution in [3.05, 3.63) is 35.9 Å². The van der Waals surface area contributed by atoms with Crippen molar-refractivity contribution in [2.45, 2.75) is 98.2 Å². The average molecular weight is 522 g/mol. The first-order chi connectivity index (χ1) is 17.1. The molecule has 0 fully saturated rings. The Hall–Kier alpha value is -3.14. The van der Waals surface area contributed by atoms with Crippen molar-refractivity contribution in [2.75, 3.05) is 0 Å². The Bertz CT molecular complexity index is 897. The Kier molecular flexibility index (Phi) is 12.6. The molecule has 4 N–H and O–H groups in total.